The van der Waals surface area contributed by atoms with Gasteiger partial charge in [-0.25, -0.2) is 0 Å². The molecule has 0 saturated carbocycles. The van der Waals surface area contributed by atoms with E-state index in [1.54, 1.807) is 18.2 Å². The van der Waals surface area contributed by atoms with E-state index >= 15 is 0 Å². The van der Waals surface area contributed by atoms with Gasteiger partial charge in [0.05, 0.1) is 33.0 Å². The first-order chi connectivity index (χ1) is 14.4. The normalized spacial score (nSPS) is 10.3. The van der Waals surface area contributed by atoms with Crippen LogP contribution in [0.3, 0.4) is 0 Å². The average Bonchev–Trinajstić information content (AvgIpc) is 2.74. The van der Waals surface area contributed by atoms with Gasteiger partial charge in [0, 0.05) is 17.0 Å². The molecule has 9 heteroatoms. The summed E-state index contributed by atoms with van der Waals surface area (Å²) in [6, 6.07) is 7.88. The number of ketones is 1. The van der Waals surface area contributed by atoms with Gasteiger partial charge in [0.2, 0.25) is 11.5 Å². The molecule has 0 aliphatic carbocycles. The summed E-state index contributed by atoms with van der Waals surface area (Å²) in [5.74, 6) is 0.615. The molecule has 0 heterocycles. The lowest BCUT2D eigenvalue weighted by Gasteiger charge is -2.13. The summed E-state index contributed by atoms with van der Waals surface area (Å²) in [7, 11) is 4.37. The van der Waals surface area contributed by atoms with E-state index in [0.717, 1.165) is 0 Å². The second kappa shape index (κ2) is 11.5. The number of Topliss-reactive ketones (excluding diaryl/α,β-unsaturated/α-hetero) is 1. The van der Waals surface area contributed by atoms with Crippen molar-refractivity contribution in [2.75, 3.05) is 34.5 Å². The van der Waals surface area contributed by atoms with Crippen LogP contribution in [0.2, 0.25) is 10.0 Å². The summed E-state index contributed by atoms with van der Waals surface area (Å²) >= 11 is 11.8. The second-order valence-corrected chi connectivity index (χ2v) is 6.87. The third-order valence-electron chi connectivity index (χ3n) is 4.03. The van der Waals surface area contributed by atoms with Gasteiger partial charge in [-0.2, -0.15) is 0 Å². The molecule has 0 aliphatic rings. The Bertz CT molecular complexity index is 874. The monoisotopic (exact) mass is 456 g/mol. The maximum atomic E-state index is 12.4. The largest absolute Gasteiger partial charge is 0.493 e. The fourth-order valence-electron chi connectivity index (χ4n) is 2.53. The second-order valence-electron chi connectivity index (χ2n) is 6.02. The summed E-state index contributed by atoms with van der Waals surface area (Å²) in [4.78, 5) is 24.3. The molecule has 2 aromatic rings. The molecule has 0 spiro atoms. The highest BCUT2D eigenvalue weighted by atomic mass is 35.5. The van der Waals surface area contributed by atoms with Gasteiger partial charge in [-0.1, -0.05) is 23.2 Å². The molecule has 0 aromatic heterocycles. The van der Waals surface area contributed by atoms with Crippen LogP contribution in [0, 0.1) is 0 Å². The smallest absolute Gasteiger partial charge is 0.306 e. The Labute approximate surface area is 184 Å². The zero-order valence-corrected chi connectivity index (χ0v) is 18.3. The molecule has 0 bridgehead atoms. The van der Waals surface area contributed by atoms with Gasteiger partial charge in [-0.05, 0) is 36.8 Å². The number of hydrogen-bond donors (Lipinski definition) is 0. The van der Waals surface area contributed by atoms with Crippen molar-refractivity contribution in [1.82, 2.24) is 0 Å². The molecule has 2 aromatic carbocycles. The summed E-state index contributed by atoms with van der Waals surface area (Å²) in [5.41, 5.74) is 0.276. The first-order valence-electron chi connectivity index (χ1n) is 8.96. The number of methoxy groups -OCH3 is 3. The van der Waals surface area contributed by atoms with Gasteiger partial charge in [-0.3, -0.25) is 9.59 Å². The molecule has 0 amide bonds. The minimum atomic E-state index is -0.512. The van der Waals surface area contributed by atoms with Crippen LogP contribution in [0.5, 0.6) is 23.0 Å². The minimum Gasteiger partial charge on any atom is -0.493 e. The topological polar surface area (TPSA) is 80.3 Å². The van der Waals surface area contributed by atoms with Gasteiger partial charge in [0.1, 0.15) is 5.75 Å². The van der Waals surface area contributed by atoms with E-state index in [0.29, 0.717) is 39.5 Å². The summed E-state index contributed by atoms with van der Waals surface area (Å²) in [6.45, 7) is -0.140. The van der Waals surface area contributed by atoms with Crippen molar-refractivity contribution in [2.24, 2.45) is 0 Å². The van der Waals surface area contributed by atoms with Crippen LogP contribution < -0.4 is 18.9 Å². The number of esters is 1. The average molecular weight is 457 g/mol. The first kappa shape index (κ1) is 23.6. The van der Waals surface area contributed by atoms with Gasteiger partial charge >= 0.3 is 5.97 Å². The highest BCUT2D eigenvalue weighted by Gasteiger charge is 2.18. The number of benzene rings is 2. The maximum Gasteiger partial charge on any atom is 0.306 e. The Kier molecular flexibility index (Phi) is 9.08. The van der Waals surface area contributed by atoms with E-state index in [1.165, 1.54) is 33.5 Å². The highest BCUT2D eigenvalue weighted by Crippen LogP contribution is 2.38. The number of hydrogen-bond acceptors (Lipinski definition) is 7. The van der Waals surface area contributed by atoms with Gasteiger partial charge in [0.15, 0.2) is 18.1 Å². The van der Waals surface area contributed by atoms with Crippen LogP contribution in [0.25, 0.3) is 0 Å². The highest BCUT2D eigenvalue weighted by molar-refractivity contribution is 6.35. The van der Waals surface area contributed by atoms with Gasteiger partial charge in [-0.15, -0.1) is 0 Å². The van der Waals surface area contributed by atoms with Crippen molar-refractivity contribution in [3.63, 3.8) is 0 Å². The molecule has 0 N–H and O–H groups in total. The van der Waals surface area contributed by atoms with Crippen LogP contribution in [-0.4, -0.2) is 46.3 Å². The standard InChI is InChI=1S/C21H22Cl2O7/c1-26-18-9-13(10-19(27-2)21(18)28-3)16(24)12-30-20(25)5-4-8-29-17-7-6-14(22)11-15(17)23/h6-7,9-11H,4-5,8,12H2,1-3H3. The van der Waals surface area contributed by atoms with Gasteiger partial charge in [0.25, 0.3) is 0 Å². The summed E-state index contributed by atoms with van der Waals surface area (Å²) in [5, 5.41) is 0.897. The lowest BCUT2D eigenvalue weighted by Crippen LogP contribution is -2.15. The Morgan fingerprint density at radius 1 is 0.900 bits per heavy atom. The lowest BCUT2D eigenvalue weighted by atomic mass is 10.1. The van der Waals surface area contributed by atoms with Crippen molar-refractivity contribution >= 4 is 35.0 Å². The Morgan fingerprint density at radius 3 is 2.13 bits per heavy atom. The number of carbonyl (C=O) groups is 2. The molecule has 7 nitrogen and oxygen atoms in total. The van der Waals surface area contributed by atoms with Gasteiger partial charge < -0.3 is 23.7 Å². The molecule has 0 atom stereocenters. The number of ether oxygens (including phenoxy) is 5. The number of halogens is 2. The van der Waals surface area contributed by atoms with E-state index < -0.39 is 18.4 Å². The van der Waals surface area contributed by atoms with E-state index in [4.69, 9.17) is 46.9 Å². The molecule has 0 saturated heterocycles. The molecular weight excluding hydrogens is 435 g/mol. The predicted octanol–water partition coefficient (Wildman–Crippen LogP) is 4.60. The van der Waals surface area contributed by atoms with E-state index in [1.807, 2.05) is 0 Å². The third kappa shape index (κ3) is 6.43. The fraction of sp³-hybridized carbons (Fsp3) is 0.333. The third-order valence-corrected chi connectivity index (χ3v) is 4.56. The Morgan fingerprint density at radius 2 is 1.57 bits per heavy atom. The zero-order chi connectivity index (χ0) is 22.1. The van der Waals surface area contributed by atoms with Crippen LogP contribution >= 0.6 is 23.2 Å². The van der Waals surface area contributed by atoms with Crippen LogP contribution in [0.1, 0.15) is 23.2 Å². The van der Waals surface area contributed by atoms with Crippen LogP contribution in [0.4, 0.5) is 0 Å². The van der Waals surface area contributed by atoms with Crippen LogP contribution in [-0.2, 0) is 9.53 Å². The van der Waals surface area contributed by atoms with E-state index in [2.05, 4.69) is 0 Å². The number of rotatable bonds is 11. The van der Waals surface area contributed by atoms with Crippen molar-refractivity contribution < 1.29 is 33.3 Å². The minimum absolute atomic E-state index is 0.0910. The van der Waals surface area contributed by atoms with Crippen molar-refractivity contribution in [3.05, 3.63) is 45.9 Å². The van der Waals surface area contributed by atoms with Crippen molar-refractivity contribution in [2.45, 2.75) is 12.8 Å². The molecule has 0 unspecified atom stereocenters. The van der Waals surface area contributed by atoms with E-state index in [-0.39, 0.29) is 18.6 Å². The molecule has 0 radical (unpaired) electrons. The lowest BCUT2D eigenvalue weighted by molar-refractivity contribution is -0.142. The quantitative estimate of drug-likeness (QED) is 0.277. The molecule has 0 aliphatic heterocycles. The fourth-order valence-corrected chi connectivity index (χ4v) is 3.00. The van der Waals surface area contributed by atoms with Crippen molar-refractivity contribution in [1.29, 1.82) is 0 Å². The Hall–Kier alpha value is -2.64. The molecule has 0 fully saturated rings. The van der Waals surface area contributed by atoms with E-state index in [9.17, 15) is 9.59 Å². The SMILES string of the molecule is COc1cc(C(=O)COC(=O)CCCOc2ccc(Cl)cc2Cl)cc(OC)c1OC. The summed E-state index contributed by atoms with van der Waals surface area (Å²) in [6.07, 6.45) is 0.490. The molecule has 162 valence electrons. The number of carbonyl (C=O) groups excluding carboxylic acids is 2. The predicted molar refractivity (Wildman–Crippen MR) is 113 cm³/mol. The van der Waals surface area contributed by atoms with Crippen LogP contribution in [0.15, 0.2) is 30.3 Å². The molecule has 30 heavy (non-hydrogen) atoms. The first-order valence-corrected chi connectivity index (χ1v) is 9.71. The maximum absolute atomic E-state index is 12.4. The Balaban J connectivity index is 1.82. The molecular formula is C21H22Cl2O7. The zero-order valence-electron chi connectivity index (χ0n) is 16.8. The van der Waals surface area contributed by atoms with Crippen molar-refractivity contribution in [3.8, 4) is 23.0 Å². The summed E-state index contributed by atoms with van der Waals surface area (Å²) < 4.78 is 26.2. The molecule has 2 rings (SSSR count).